The molecule has 0 aliphatic heterocycles. The molecule has 3 rings (SSSR count). The largest absolute Gasteiger partial charge is 0.493 e. The van der Waals surface area contributed by atoms with E-state index < -0.39 is 11.4 Å². The highest BCUT2D eigenvalue weighted by molar-refractivity contribution is 6.07. The van der Waals surface area contributed by atoms with Gasteiger partial charge in [-0.25, -0.2) is 0 Å². The van der Waals surface area contributed by atoms with Crippen molar-refractivity contribution in [2.24, 2.45) is 5.41 Å². The van der Waals surface area contributed by atoms with Crippen molar-refractivity contribution < 1.29 is 28.5 Å². The van der Waals surface area contributed by atoms with Crippen LogP contribution in [0.5, 0.6) is 17.2 Å². The number of carbonyl (C=O) groups excluding carboxylic acids is 2. The fraction of sp³-hybridized carbons (Fsp3) is 0.417. The Kier molecular flexibility index (Phi) is 7.05. The Hall–Kier alpha value is -3.22. The van der Waals surface area contributed by atoms with Gasteiger partial charge in [-0.1, -0.05) is 30.3 Å². The lowest BCUT2D eigenvalue weighted by molar-refractivity contribution is -0.154. The Morgan fingerprint density at radius 1 is 1.03 bits per heavy atom. The molecule has 0 spiro atoms. The summed E-state index contributed by atoms with van der Waals surface area (Å²) < 4.78 is 21.5. The maximum absolute atomic E-state index is 13.2. The molecule has 2 atom stereocenters. The third kappa shape index (κ3) is 4.45. The summed E-state index contributed by atoms with van der Waals surface area (Å²) in [6.07, 6.45) is 1.04. The molecule has 0 aromatic heterocycles. The maximum Gasteiger partial charge on any atom is 0.322 e. The molecule has 0 saturated heterocycles. The van der Waals surface area contributed by atoms with Crippen molar-refractivity contribution in [3.63, 3.8) is 0 Å². The minimum atomic E-state index is -1.25. The summed E-state index contributed by atoms with van der Waals surface area (Å²) in [6, 6.07) is 13.4. The topological polar surface area (TPSA) is 83.1 Å². The van der Waals surface area contributed by atoms with Gasteiger partial charge in [-0.15, -0.1) is 0 Å². The first-order valence-corrected chi connectivity index (χ1v) is 10.3. The van der Waals surface area contributed by atoms with Crippen LogP contribution in [0.2, 0.25) is 0 Å². The molecule has 1 saturated carbocycles. The molecular weight excluding hydrogens is 398 g/mol. The Labute approximate surface area is 182 Å². The number of benzene rings is 2. The summed E-state index contributed by atoms with van der Waals surface area (Å²) in [5, 5.41) is 2.93. The van der Waals surface area contributed by atoms with E-state index in [1.807, 2.05) is 30.3 Å². The molecule has 0 heterocycles. The fourth-order valence-corrected chi connectivity index (χ4v) is 3.92. The van der Waals surface area contributed by atoms with Crippen molar-refractivity contribution in [1.82, 2.24) is 5.32 Å². The number of nitrogens with one attached hydrogen (secondary N) is 1. The minimum absolute atomic E-state index is 0.208. The molecule has 7 nitrogen and oxygen atoms in total. The van der Waals surface area contributed by atoms with Crippen LogP contribution in [0.15, 0.2) is 42.5 Å². The van der Waals surface area contributed by atoms with E-state index in [0.717, 1.165) is 11.1 Å². The number of carbonyl (C=O) groups is 2. The Morgan fingerprint density at radius 2 is 1.68 bits per heavy atom. The lowest BCUT2D eigenvalue weighted by atomic mass is 9.97. The zero-order valence-corrected chi connectivity index (χ0v) is 18.4. The average Bonchev–Trinajstić information content (AvgIpc) is 3.56. The average molecular weight is 427 g/mol. The summed E-state index contributed by atoms with van der Waals surface area (Å²) >= 11 is 0. The number of esters is 1. The van der Waals surface area contributed by atoms with Crippen molar-refractivity contribution >= 4 is 11.9 Å². The molecule has 1 fully saturated rings. The first-order chi connectivity index (χ1) is 15.0. The van der Waals surface area contributed by atoms with Gasteiger partial charge in [0.2, 0.25) is 11.7 Å². The van der Waals surface area contributed by atoms with Gasteiger partial charge in [0.1, 0.15) is 0 Å². The van der Waals surface area contributed by atoms with Crippen LogP contribution >= 0.6 is 0 Å². The van der Waals surface area contributed by atoms with Crippen molar-refractivity contribution in [3.05, 3.63) is 53.6 Å². The summed E-state index contributed by atoms with van der Waals surface area (Å²) in [5.74, 6) is 0.254. The van der Waals surface area contributed by atoms with Crippen LogP contribution in [0, 0.1) is 5.41 Å². The van der Waals surface area contributed by atoms with Gasteiger partial charge in [0.15, 0.2) is 16.9 Å². The molecule has 166 valence electrons. The van der Waals surface area contributed by atoms with Gasteiger partial charge >= 0.3 is 5.97 Å². The van der Waals surface area contributed by atoms with E-state index in [9.17, 15) is 9.59 Å². The number of hydrogen-bond acceptors (Lipinski definition) is 6. The monoisotopic (exact) mass is 427 g/mol. The highest BCUT2D eigenvalue weighted by Crippen LogP contribution is 2.61. The predicted octanol–water partition coefficient (Wildman–Crippen LogP) is 3.11. The molecule has 2 aromatic carbocycles. The fourth-order valence-electron chi connectivity index (χ4n) is 3.92. The molecule has 1 aliphatic carbocycles. The van der Waals surface area contributed by atoms with E-state index in [-0.39, 0.29) is 18.4 Å². The first-order valence-electron chi connectivity index (χ1n) is 10.3. The van der Waals surface area contributed by atoms with Crippen LogP contribution in [-0.2, 0) is 20.7 Å². The van der Waals surface area contributed by atoms with Crippen LogP contribution in [0.1, 0.15) is 30.4 Å². The molecular formula is C24H29NO6. The van der Waals surface area contributed by atoms with Gasteiger partial charge in [0.05, 0.1) is 27.9 Å². The highest BCUT2D eigenvalue weighted by Gasteiger charge is 2.67. The normalized spacial score (nSPS) is 19.3. The zero-order chi connectivity index (χ0) is 22.4. The van der Waals surface area contributed by atoms with Crippen molar-refractivity contribution in [2.45, 2.75) is 25.7 Å². The van der Waals surface area contributed by atoms with E-state index in [2.05, 4.69) is 5.32 Å². The van der Waals surface area contributed by atoms with E-state index in [1.165, 1.54) is 21.3 Å². The summed E-state index contributed by atoms with van der Waals surface area (Å²) in [5.41, 5.74) is 0.628. The van der Waals surface area contributed by atoms with E-state index >= 15 is 0 Å². The quantitative estimate of drug-likeness (QED) is 0.463. The van der Waals surface area contributed by atoms with Crippen molar-refractivity contribution in [3.8, 4) is 17.2 Å². The SMILES string of the molecule is CCOC(=O)[C@]1(C(=O)NCCc2ccccc2)C[C@H]1c1cc(OC)c(OC)c(OC)c1. The molecule has 1 N–H and O–H groups in total. The van der Waals surface area contributed by atoms with Gasteiger partial charge in [-0.05, 0) is 43.0 Å². The predicted molar refractivity (Wildman–Crippen MR) is 116 cm³/mol. The summed E-state index contributed by atoms with van der Waals surface area (Å²) in [4.78, 5) is 26.0. The van der Waals surface area contributed by atoms with Gasteiger partial charge in [0, 0.05) is 12.5 Å². The summed E-state index contributed by atoms with van der Waals surface area (Å²) in [6.45, 7) is 2.38. The third-order valence-electron chi connectivity index (χ3n) is 5.64. The molecule has 0 unspecified atom stereocenters. The number of methoxy groups -OCH3 is 3. The van der Waals surface area contributed by atoms with Crippen molar-refractivity contribution in [1.29, 1.82) is 0 Å². The van der Waals surface area contributed by atoms with E-state index in [1.54, 1.807) is 19.1 Å². The second-order valence-corrected chi connectivity index (χ2v) is 7.40. The van der Waals surface area contributed by atoms with Crippen LogP contribution in [-0.4, -0.2) is 46.4 Å². The minimum Gasteiger partial charge on any atom is -0.493 e. The van der Waals surface area contributed by atoms with Gasteiger partial charge in [-0.3, -0.25) is 9.59 Å². The van der Waals surface area contributed by atoms with E-state index in [0.29, 0.717) is 36.6 Å². The van der Waals surface area contributed by atoms with Crippen LogP contribution < -0.4 is 19.5 Å². The van der Waals surface area contributed by atoms with Crippen LogP contribution in [0.3, 0.4) is 0 Å². The Bertz CT molecular complexity index is 904. The molecule has 0 bridgehead atoms. The second-order valence-electron chi connectivity index (χ2n) is 7.40. The molecule has 1 aliphatic rings. The summed E-state index contributed by atoms with van der Waals surface area (Å²) in [7, 11) is 4.59. The third-order valence-corrected chi connectivity index (χ3v) is 5.64. The Balaban J connectivity index is 1.83. The second kappa shape index (κ2) is 9.73. The van der Waals surface area contributed by atoms with E-state index in [4.69, 9.17) is 18.9 Å². The highest BCUT2D eigenvalue weighted by atomic mass is 16.5. The molecule has 1 amide bonds. The molecule has 31 heavy (non-hydrogen) atoms. The Morgan fingerprint density at radius 3 is 2.23 bits per heavy atom. The van der Waals surface area contributed by atoms with Gasteiger partial charge < -0.3 is 24.3 Å². The zero-order valence-electron chi connectivity index (χ0n) is 18.4. The molecule has 2 aromatic rings. The maximum atomic E-state index is 13.2. The first kappa shape index (κ1) is 22.5. The lowest BCUT2D eigenvalue weighted by Gasteiger charge is -2.18. The van der Waals surface area contributed by atoms with Crippen LogP contribution in [0.4, 0.5) is 0 Å². The van der Waals surface area contributed by atoms with Crippen LogP contribution in [0.25, 0.3) is 0 Å². The molecule has 0 radical (unpaired) electrons. The lowest BCUT2D eigenvalue weighted by Crippen LogP contribution is -2.40. The number of amides is 1. The van der Waals surface area contributed by atoms with Crippen molar-refractivity contribution in [2.75, 3.05) is 34.5 Å². The molecule has 7 heteroatoms. The van der Waals surface area contributed by atoms with Gasteiger partial charge in [-0.2, -0.15) is 0 Å². The number of ether oxygens (including phenoxy) is 4. The number of rotatable bonds is 10. The standard InChI is InChI=1S/C24H29NO6/c1-5-31-23(27)24(22(26)25-12-11-16-9-7-6-8-10-16)15-18(24)17-13-19(28-2)21(30-4)20(14-17)29-3/h6-10,13-14,18H,5,11-12,15H2,1-4H3,(H,25,26)/t18-,24+/m0/s1. The smallest absolute Gasteiger partial charge is 0.322 e. The van der Waals surface area contributed by atoms with Gasteiger partial charge in [0.25, 0.3) is 0 Å². The number of hydrogen-bond donors (Lipinski definition) is 1.